The van der Waals surface area contributed by atoms with Gasteiger partial charge in [-0.15, -0.1) is 0 Å². The van der Waals surface area contributed by atoms with E-state index in [2.05, 4.69) is 277 Å². The lowest BCUT2D eigenvalue weighted by Crippen LogP contribution is -2.61. The van der Waals surface area contributed by atoms with Gasteiger partial charge in [0.15, 0.2) is 0 Å². The summed E-state index contributed by atoms with van der Waals surface area (Å²) in [6.45, 7) is 22.9. The van der Waals surface area contributed by atoms with Crippen molar-refractivity contribution in [3.63, 3.8) is 0 Å². The minimum Gasteiger partial charge on any atom is -0.311 e. The molecule has 1 aromatic heterocycles. The zero-order chi connectivity index (χ0) is 49.1. The topological polar surface area (TPSA) is 14.7 Å². The maximum absolute atomic E-state index is 2.57. The number of nitrogens with zero attached hydrogens (tertiary/aromatic N) is 4. The van der Waals surface area contributed by atoms with Crippen LogP contribution >= 0.6 is 0 Å². The van der Waals surface area contributed by atoms with Crippen molar-refractivity contribution in [1.29, 1.82) is 0 Å². The number of hydrogen-bond acceptors (Lipinski definition) is 3. The number of benzene rings is 9. The third-order valence-electron chi connectivity index (χ3n) is 15.3. The second-order valence-electron chi connectivity index (χ2n) is 22.1. The minimum atomic E-state index is 0.0222. The first-order chi connectivity index (χ1) is 34.2. The molecule has 5 heteroatoms. The molecule has 2 aliphatic rings. The number of para-hydroxylation sites is 5. The molecule has 3 heterocycles. The van der Waals surface area contributed by atoms with Crippen molar-refractivity contribution in [2.24, 2.45) is 0 Å². The van der Waals surface area contributed by atoms with Crippen molar-refractivity contribution in [1.82, 2.24) is 4.57 Å². The molecule has 10 aromatic rings. The van der Waals surface area contributed by atoms with Gasteiger partial charge in [0, 0.05) is 62.0 Å². The van der Waals surface area contributed by atoms with Crippen LogP contribution in [0.25, 0.3) is 27.5 Å². The van der Waals surface area contributed by atoms with Crippen molar-refractivity contribution < 1.29 is 0 Å². The molecule has 0 N–H and O–H groups in total. The Morgan fingerprint density at radius 3 is 1.28 bits per heavy atom. The monoisotopic (exact) mass is 920 g/mol. The zero-order valence-electron chi connectivity index (χ0n) is 42.8. The van der Waals surface area contributed by atoms with Crippen molar-refractivity contribution in [2.45, 2.75) is 80.1 Å². The number of aromatic nitrogens is 1. The highest BCUT2D eigenvalue weighted by Crippen LogP contribution is 2.50. The highest BCUT2D eigenvalue weighted by atomic mass is 15.2. The molecular formula is C66H61BN4. The van der Waals surface area contributed by atoms with E-state index in [1.54, 1.807) is 0 Å². The first kappa shape index (κ1) is 44.5. The number of aryl methyl sites for hydroxylation is 4. The van der Waals surface area contributed by atoms with Crippen LogP contribution in [-0.2, 0) is 10.8 Å². The number of rotatable bonds is 6. The van der Waals surface area contributed by atoms with E-state index in [4.69, 9.17) is 0 Å². The summed E-state index contributed by atoms with van der Waals surface area (Å²) in [6.07, 6.45) is 0. The summed E-state index contributed by atoms with van der Waals surface area (Å²) in [5.74, 6) is 0. The molecule has 0 radical (unpaired) electrons. The molecule has 0 spiro atoms. The largest absolute Gasteiger partial charge is 0.311 e. The van der Waals surface area contributed by atoms with Gasteiger partial charge in [-0.25, -0.2) is 0 Å². The first-order valence-electron chi connectivity index (χ1n) is 25.3. The molecule has 0 saturated carbocycles. The van der Waals surface area contributed by atoms with Crippen LogP contribution in [0.3, 0.4) is 0 Å². The van der Waals surface area contributed by atoms with E-state index in [9.17, 15) is 0 Å². The van der Waals surface area contributed by atoms with Gasteiger partial charge in [-0.05, 0) is 173 Å². The predicted octanol–water partition coefficient (Wildman–Crippen LogP) is 16.2. The summed E-state index contributed by atoms with van der Waals surface area (Å²) in [7, 11) is 0. The Morgan fingerprint density at radius 2 is 0.817 bits per heavy atom. The maximum Gasteiger partial charge on any atom is 0.252 e. The normalized spacial score (nSPS) is 13.1. The lowest BCUT2D eigenvalue weighted by atomic mass is 9.33. The average Bonchev–Trinajstić information content (AvgIpc) is 3.68. The van der Waals surface area contributed by atoms with E-state index in [0.717, 1.165) is 22.7 Å². The van der Waals surface area contributed by atoms with Gasteiger partial charge in [-0.1, -0.05) is 145 Å². The van der Waals surface area contributed by atoms with Gasteiger partial charge in [0.1, 0.15) is 0 Å². The number of anilines is 9. The van der Waals surface area contributed by atoms with Crippen LogP contribution in [0.4, 0.5) is 51.2 Å². The van der Waals surface area contributed by atoms with E-state index in [1.165, 1.54) is 106 Å². The summed E-state index contributed by atoms with van der Waals surface area (Å²) < 4.78 is 2.46. The van der Waals surface area contributed by atoms with Gasteiger partial charge in [0.05, 0.1) is 16.7 Å². The number of hydrogen-bond donors (Lipinski definition) is 0. The Bertz CT molecular complexity index is 3540. The number of fused-ring (bicyclic) bond motifs is 7. The molecule has 0 aliphatic carbocycles. The molecule has 4 nitrogen and oxygen atoms in total. The molecule has 0 fully saturated rings. The Morgan fingerprint density at radius 1 is 0.380 bits per heavy atom. The third kappa shape index (κ3) is 7.11. The average molecular weight is 921 g/mol. The molecular weight excluding hydrogens is 860 g/mol. The SMILES string of the molecule is Cc1ccccc1N1c2cc(N(c3ccccc3)c3ccc(-n4c5ccc(C(C)(C)C)cc5c5cc(C(C)(C)C)ccc54)cc3)cc3c2B(c2cccc(C)c21)c1cccc(C)c1N3c1ccccc1C. The first-order valence-corrected chi connectivity index (χ1v) is 25.3. The second-order valence-corrected chi connectivity index (χ2v) is 22.1. The van der Waals surface area contributed by atoms with Crippen molar-refractivity contribution in [2.75, 3.05) is 14.7 Å². The second kappa shape index (κ2) is 16.4. The highest BCUT2D eigenvalue weighted by molar-refractivity contribution is 7.00. The van der Waals surface area contributed by atoms with Crippen LogP contribution in [0, 0.1) is 27.7 Å². The van der Waals surface area contributed by atoms with Gasteiger partial charge < -0.3 is 19.3 Å². The molecule has 348 valence electrons. The Balaban J connectivity index is 1.12. The van der Waals surface area contributed by atoms with Crippen LogP contribution in [0.15, 0.2) is 188 Å². The fourth-order valence-corrected chi connectivity index (χ4v) is 11.7. The summed E-state index contributed by atoms with van der Waals surface area (Å²) in [6, 6.07) is 70.8. The zero-order valence-corrected chi connectivity index (χ0v) is 42.8. The molecule has 9 aromatic carbocycles. The quantitative estimate of drug-likeness (QED) is 0.154. The van der Waals surface area contributed by atoms with Gasteiger partial charge in [0.25, 0.3) is 6.71 Å². The van der Waals surface area contributed by atoms with Crippen LogP contribution in [0.1, 0.15) is 74.9 Å². The summed E-state index contributed by atoms with van der Waals surface area (Å²) in [5.41, 5.74) is 25.8. The standard InChI is InChI=1S/C66H61BN4/c1-42-20-14-16-28-56(42)70-60-40-51(41-61-62(60)67(54-26-18-22-44(3)63(54)70)55-27-19-23-45(4)64(55)71(61)57-29-17-15-21-43(57)2)68(48-24-12-11-13-25-48)49-32-34-50(35-33-49)69-58-36-30-46(65(5,6)7)38-52(58)53-39-47(66(8,9)10)31-37-59(53)69/h11-41H,1-10H3. The van der Waals surface area contributed by atoms with Gasteiger partial charge in [-0.2, -0.15) is 0 Å². The molecule has 0 atom stereocenters. The Kier molecular flexibility index (Phi) is 10.3. The molecule has 0 unspecified atom stereocenters. The molecule has 0 amide bonds. The van der Waals surface area contributed by atoms with Gasteiger partial charge >= 0.3 is 0 Å². The van der Waals surface area contributed by atoms with Crippen molar-refractivity contribution >= 4 is 96.1 Å². The van der Waals surface area contributed by atoms with E-state index in [0.29, 0.717) is 0 Å². The van der Waals surface area contributed by atoms with Crippen LogP contribution in [-0.4, -0.2) is 11.3 Å². The summed E-state index contributed by atoms with van der Waals surface area (Å²) >= 11 is 0. The van der Waals surface area contributed by atoms with Gasteiger partial charge in [0.2, 0.25) is 0 Å². The fourth-order valence-electron chi connectivity index (χ4n) is 11.7. The maximum atomic E-state index is 2.57. The third-order valence-corrected chi connectivity index (χ3v) is 15.3. The van der Waals surface area contributed by atoms with E-state index >= 15 is 0 Å². The van der Waals surface area contributed by atoms with Crippen molar-refractivity contribution in [3.8, 4) is 5.69 Å². The Hall–Kier alpha value is -7.76. The summed E-state index contributed by atoms with van der Waals surface area (Å²) in [4.78, 5) is 7.60. The van der Waals surface area contributed by atoms with E-state index in [1.807, 2.05) is 0 Å². The molecule has 12 rings (SSSR count). The minimum absolute atomic E-state index is 0.0222. The summed E-state index contributed by atoms with van der Waals surface area (Å²) in [5, 5.41) is 2.58. The van der Waals surface area contributed by atoms with Crippen LogP contribution in [0.5, 0.6) is 0 Å². The van der Waals surface area contributed by atoms with Crippen molar-refractivity contribution in [3.05, 3.63) is 221 Å². The lowest BCUT2D eigenvalue weighted by molar-refractivity contribution is 0.590. The van der Waals surface area contributed by atoms with E-state index in [-0.39, 0.29) is 17.5 Å². The van der Waals surface area contributed by atoms with Gasteiger partial charge in [-0.3, -0.25) is 0 Å². The lowest BCUT2D eigenvalue weighted by Gasteiger charge is -2.46. The molecule has 0 bridgehead atoms. The highest BCUT2D eigenvalue weighted by Gasteiger charge is 2.45. The van der Waals surface area contributed by atoms with E-state index < -0.39 is 0 Å². The van der Waals surface area contributed by atoms with Crippen LogP contribution < -0.4 is 31.1 Å². The Labute approximate surface area is 420 Å². The predicted molar refractivity (Wildman–Crippen MR) is 306 cm³/mol. The molecule has 0 saturated heterocycles. The smallest absolute Gasteiger partial charge is 0.252 e. The van der Waals surface area contributed by atoms with Crippen LogP contribution in [0.2, 0.25) is 0 Å². The molecule has 2 aliphatic heterocycles. The molecule has 71 heavy (non-hydrogen) atoms. The fraction of sp³-hybridized carbons (Fsp3) is 0.182.